The first-order chi connectivity index (χ1) is 18.6. The van der Waals surface area contributed by atoms with Gasteiger partial charge in [-0.05, 0) is 58.6 Å². The molecule has 0 unspecified atom stereocenters. The number of nitrogens with one attached hydrogen (secondary N) is 1. The molecule has 2 heterocycles. The minimum absolute atomic E-state index is 0.0169. The summed E-state index contributed by atoms with van der Waals surface area (Å²) >= 11 is 0. The number of benzene rings is 2. The first-order valence-corrected chi connectivity index (χ1v) is 13.5. The lowest BCUT2D eigenvalue weighted by Crippen LogP contribution is -2.48. The molecule has 3 aromatic rings. The molecular formula is C30H37F3N2O4. The van der Waals surface area contributed by atoms with Crippen LogP contribution in [0.4, 0.5) is 13.2 Å². The van der Waals surface area contributed by atoms with E-state index in [2.05, 4.69) is 4.98 Å². The van der Waals surface area contributed by atoms with Crippen molar-refractivity contribution in [2.75, 3.05) is 33.0 Å². The van der Waals surface area contributed by atoms with E-state index in [1.165, 1.54) is 26.0 Å². The summed E-state index contributed by atoms with van der Waals surface area (Å²) in [6.45, 7) is 7.43. The average Bonchev–Trinajstić information content (AvgIpc) is 3.22. The molecule has 0 saturated heterocycles. The number of hydrogen-bond acceptors (Lipinski definition) is 5. The average molecular weight is 547 g/mol. The van der Waals surface area contributed by atoms with E-state index < -0.39 is 29.3 Å². The first kappa shape index (κ1) is 29.0. The normalized spacial score (nSPS) is 17.8. The predicted molar refractivity (Wildman–Crippen MR) is 144 cm³/mol. The van der Waals surface area contributed by atoms with Crippen LogP contribution in [-0.2, 0) is 20.7 Å². The second-order valence-electron chi connectivity index (χ2n) is 10.6. The van der Waals surface area contributed by atoms with Gasteiger partial charge in [-0.25, -0.2) is 18.0 Å². The molecule has 1 N–H and O–H groups in total. The number of ether oxygens (including phenoxy) is 3. The number of fused-ring (bicyclic) bond motifs is 3. The number of aromatic nitrogens is 1. The Morgan fingerprint density at radius 3 is 2.51 bits per heavy atom. The predicted octanol–water partition coefficient (Wildman–Crippen LogP) is 6.27. The van der Waals surface area contributed by atoms with Gasteiger partial charge in [0.25, 0.3) is 0 Å². The Bertz CT molecular complexity index is 1260. The van der Waals surface area contributed by atoms with E-state index in [1.807, 2.05) is 36.1 Å². The highest BCUT2D eigenvalue weighted by Gasteiger charge is 2.41. The molecule has 0 amide bonds. The van der Waals surface area contributed by atoms with Crippen molar-refractivity contribution < 1.29 is 32.2 Å². The van der Waals surface area contributed by atoms with Gasteiger partial charge < -0.3 is 19.2 Å². The van der Waals surface area contributed by atoms with Crippen molar-refractivity contribution in [2.24, 2.45) is 0 Å². The molecule has 0 spiro atoms. The Morgan fingerprint density at radius 2 is 1.82 bits per heavy atom. The van der Waals surface area contributed by atoms with Crippen LogP contribution in [0.2, 0.25) is 0 Å². The highest BCUT2D eigenvalue weighted by atomic mass is 19.1. The molecule has 1 aromatic heterocycles. The van der Waals surface area contributed by atoms with E-state index in [9.17, 15) is 9.18 Å². The summed E-state index contributed by atoms with van der Waals surface area (Å²) in [6, 6.07) is 9.19. The number of esters is 1. The van der Waals surface area contributed by atoms with E-state index >= 15 is 8.78 Å². The molecule has 2 aromatic carbocycles. The highest BCUT2D eigenvalue weighted by molar-refractivity contribution is 5.85. The van der Waals surface area contributed by atoms with Crippen LogP contribution in [-0.4, -0.2) is 60.5 Å². The van der Waals surface area contributed by atoms with Crippen LogP contribution in [0.5, 0.6) is 5.75 Å². The molecule has 6 nitrogen and oxygen atoms in total. The summed E-state index contributed by atoms with van der Waals surface area (Å²) < 4.78 is 61.9. The number of halogens is 3. The van der Waals surface area contributed by atoms with Gasteiger partial charge >= 0.3 is 5.97 Å². The van der Waals surface area contributed by atoms with Gasteiger partial charge in [-0.2, -0.15) is 0 Å². The number of unbranched alkanes of at least 4 members (excludes halogenated alkanes) is 1. The number of hydrogen-bond donors (Lipinski definition) is 1. The van der Waals surface area contributed by atoms with Crippen LogP contribution in [0.25, 0.3) is 10.9 Å². The van der Waals surface area contributed by atoms with Crippen molar-refractivity contribution in [3.8, 4) is 5.75 Å². The van der Waals surface area contributed by atoms with E-state index in [1.54, 1.807) is 6.92 Å². The summed E-state index contributed by atoms with van der Waals surface area (Å²) in [5, 5.41) is 1.01. The van der Waals surface area contributed by atoms with Crippen molar-refractivity contribution in [3.63, 3.8) is 0 Å². The fourth-order valence-corrected chi connectivity index (χ4v) is 5.26. The third-order valence-electron chi connectivity index (χ3n) is 6.88. The number of nitrogens with zero attached hydrogens (tertiary/aromatic N) is 1. The Labute approximate surface area is 227 Å². The second kappa shape index (κ2) is 12.4. The first-order valence-electron chi connectivity index (χ1n) is 13.5. The Morgan fingerprint density at radius 1 is 1.13 bits per heavy atom. The summed E-state index contributed by atoms with van der Waals surface area (Å²) in [6.07, 6.45) is 1.82. The minimum atomic E-state index is -1.56. The molecule has 0 fully saturated rings. The van der Waals surface area contributed by atoms with Gasteiger partial charge in [-0.15, -0.1) is 0 Å². The van der Waals surface area contributed by atoms with Crippen molar-refractivity contribution in [3.05, 3.63) is 64.9 Å². The molecule has 4 rings (SSSR count). The van der Waals surface area contributed by atoms with Gasteiger partial charge in [0.1, 0.15) is 29.7 Å². The lowest BCUT2D eigenvalue weighted by atomic mass is 9.87. The molecule has 0 bridgehead atoms. The summed E-state index contributed by atoms with van der Waals surface area (Å²) in [5.74, 6) is -1.82. The number of para-hydroxylation sites is 1. The summed E-state index contributed by atoms with van der Waals surface area (Å²) in [7, 11) is 0. The van der Waals surface area contributed by atoms with E-state index in [-0.39, 0.29) is 37.1 Å². The van der Waals surface area contributed by atoms with Gasteiger partial charge in [-0.1, -0.05) is 18.2 Å². The zero-order chi connectivity index (χ0) is 28.2. The molecular weight excluding hydrogens is 509 g/mol. The molecule has 1 aliphatic rings. The van der Waals surface area contributed by atoms with Crippen LogP contribution < -0.4 is 4.74 Å². The van der Waals surface area contributed by atoms with Gasteiger partial charge in [0.15, 0.2) is 0 Å². The van der Waals surface area contributed by atoms with E-state index in [0.29, 0.717) is 38.2 Å². The monoisotopic (exact) mass is 546 g/mol. The van der Waals surface area contributed by atoms with Crippen molar-refractivity contribution in [1.29, 1.82) is 0 Å². The van der Waals surface area contributed by atoms with Gasteiger partial charge in [0.2, 0.25) is 0 Å². The molecule has 9 heteroatoms. The topological polar surface area (TPSA) is 63.8 Å². The van der Waals surface area contributed by atoms with Crippen LogP contribution in [0, 0.1) is 11.6 Å². The summed E-state index contributed by atoms with van der Waals surface area (Å²) in [4.78, 5) is 16.5. The van der Waals surface area contributed by atoms with Crippen LogP contribution in [0.1, 0.15) is 63.4 Å². The molecule has 0 aliphatic carbocycles. The maximum absolute atomic E-state index is 15.7. The number of carbonyl (C=O) groups is 1. The van der Waals surface area contributed by atoms with Crippen molar-refractivity contribution >= 4 is 16.9 Å². The molecule has 0 saturated carbocycles. The minimum Gasteiger partial charge on any atom is -0.493 e. The second-order valence-corrected chi connectivity index (χ2v) is 10.6. The maximum Gasteiger partial charge on any atom is 0.332 e. The van der Waals surface area contributed by atoms with E-state index in [0.717, 1.165) is 16.5 Å². The lowest BCUT2D eigenvalue weighted by Gasteiger charge is -2.43. The van der Waals surface area contributed by atoms with Gasteiger partial charge in [-0.3, -0.25) is 4.90 Å². The zero-order valence-corrected chi connectivity index (χ0v) is 23.0. The van der Waals surface area contributed by atoms with Crippen molar-refractivity contribution in [1.82, 2.24) is 9.88 Å². The van der Waals surface area contributed by atoms with Crippen LogP contribution in [0.3, 0.4) is 0 Å². The molecule has 212 valence electrons. The fourth-order valence-electron chi connectivity index (χ4n) is 5.26. The molecule has 2 atom stereocenters. The molecule has 39 heavy (non-hydrogen) atoms. The maximum atomic E-state index is 15.7. The van der Waals surface area contributed by atoms with E-state index in [4.69, 9.17) is 14.2 Å². The third kappa shape index (κ3) is 6.94. The Hall–Kier alpha value is -3.04. The van der Waals surface area contributed by atoms with Crippen LogP contribution >= 0.6 is 0 Å². The molecule has 1 aliphatic heterocycles. The number of rotatable bonds is 12. The standard InChI is InChI=1S/C30H37F3N2O4/c1-5-38-26(36)17-37-12-8-9-13-39-20-15-23(31)27(24(32)16-20)29-28-22(21-10-6-7-11-25(21)34-28)14-19(2)35(29)18-30(3,4)33/h6-7,10-11,15-16,19,29,34H,5,8-9,12-14,17-18H2,1-4H3/t19-,29-/m1/s1. The smallest absolute Gasteiger partial charge is 0.332 e. The highest BCUT2D eigenvalue weighted by Crippen LogP contribution is 2.43. The van der Waals surface area contributed by atoms with Gasteiger partial charge in [0.05, 0.1) is 19.3 Å². The van der Waals surface area contributed by atoms with Crippen LogP contribution in [0.15, 0.2) is 36.4 Å². The van der Waals surface area contributed by atoms with Gasteiger partial charge in [0, 0.05) is 53.5 Å². The zero-order valence-electron chi connectivity index (χ0n) is 23.0. The quantitative estimate of drug-likeness (QED) is 0.214. The largest absolute Gasteiger partial charge is 0.493 e. The lowest BCUT2D eigenvalue weighted by molar-refractivity contribution is -0.148. The number of carbonyl (C=O) groups excluding carboxylic acids is 1. The van der Waals surface area contributed by atoms with Crippen molar-refractivity contribution in [2.45, 2.75) is 64.7 Å². The Balaban J connectivity index is 1.52. The third-order valence-corrected chi connectivity index (χ3v) is 6.88. The fraction of sp³-hybridized carbons (Fsp3) is 0.500. The number of aromatic amines is 1. The SMILES string of the molecule is CCOC(=O)COCCCCOc1cc(F)c([C@@H]2c3[nH]c4ccccc4c3C[C@@H](C)N2CC(C)(C)F)c(F)c1. The molecule has 0 radical (unpaired) electrons. The number of H-pyrrole nitrogens is 1. The summed E-state index contributed by atoms with van der Waals surface area (Å²) in [5.41, 5.74) is 0.881. The number of alkyl halides is 1. The Kier molecular flexibility index (Phi) is 9.23.